The third kappa shape index (κ3) is 4.15. The standard InChI is InChI=1S/C24H28N2S/c1-3-27-22-13-11-21(12-14-22)26-16-15-20(17-26)25-18(2)23-10-6-8-19-7-4-5-9-24(19)23/h4-14,18,20,25H,3,15-17H2,1-2H3/t18-,20+/m1/s1. The van der Waals surface area contributed by atoms with Gasteiger partial charge in [-0.1, -0.05) is 49.4 Å². The van der Waals surface area contributed by atoms with Crippen molar-refractivity contribution in [2.45, 2.75) is 37.2 Å². The number of fused-ring (bicyclic) bond motifs is 1. The van der Waals surface area contributed by atoms with Crippen LogP contribution in [0.25, 0.3) is 10.8 Å². The van der Waals surface area contributed by atoms with Gasteiger partial charge in [0.25, 0.3) is 0 Å². The number of nitrogens with zero attached hydrogens (tertiary/aromatic N) is 1. The van der Waals surface area contributed by atoms with Crippen molar-refractivity contribution in [3.63, 3.8) is 0 Å². The van der Waals surface area contributed by atoms with Crippen LogP contribution in [0.3, 0.4) is 0 Å². The zero-order chi connectivity index (χ0) is 18.6. The van der Waals surface area contributed by atoms with E-state index in [1.54, 1.807) is 0 Å². The minimum absolute atomic E-state index is 0.351. The van der Waals surface area contributed by atoms with Gasteiger partial charge in [-0.15, -0.1) is 11.8 Å². The summed E-state index contributed by atoms with van der Waals surface area (Å²) in [5.41, 5.74) is 2.74. The lowest BCUT2D eigenvalue weighted by atomic mass is 9.99. The second kappa shape index (κ2) is 8.37. The number of hydrogen-bond acceptors (Lipinski definition) is 3. The van der Waals surface area contributed by atoms with Crippen LogP contribution in [0.5, 0.6) is 0 Å². The van der Waals surface area contributed by atoms with Crippen LogP contribution in [0.15, 0.2) is 71.6 Å². The third-order valence-corrected chi connectivity index (χ3v) is 6.37. The van der Waals surface area contributed by atoms with Crippen molar-refractivity contribution >= 4 is 28.2 Å². The van der Waals surface area contributed by atoms with Crippen molar-refractivity contribution in [3.8, 4) is 0 Å². The zero-order valence-electron chi connectivity index (χ0n) is 16.2. The van der Waals surface area contributed by atoms with E-state index in [4.69, 9.17) is 0 Å². The van der Waals surface area contributed by atoms with Gasteiger partial charge in [0.1, 0.15) is 0 Å². The first kappa shape index (κ1) is 18.4. The van der Waals surface area contributed by atoms with Crippen molar-refractivity contribution < 1.29 is 0 Å². The van der Waals surface area contributed by atoms with E-state index in [1.165, 1.54) is 33.3 Å². The van der Waals surface area contributed by atoms with Gasteiger partial charge in [0.05, 0.1) is 0 Å². The van der Waals surface area contributed by atoms with E-state index in [0.717, 1.165) is 18.8 Å². The summed E-state index contributed by atoms with van der Waals surface area (Å²) in [6.45, 7) is 6.70. The molecule has 0 aromatic heterocycles. The molecule has 1 fully saturated rings. The van der Waals surface area contributed by atoms with Gasteiger partial charge < -0.3 is 10.2 Å². The van der Waals surface area contributed by atoms with Crippen LogP contribution in [0, 0.1) is 0 Å². The van der Waals surface area contributed by atoms with Gasteiger partial charge in [0.15, 0.2) is 0 Å². The van der Waals surface area contributed by atoms with Crippen LogP contribution >= 0.6 is 11.8 Å². The first-order valence-corrected chi connectivity index (χ1v) is 10.9. The molecule has 0 bridgehead atoms. The summed E-state index contributed by atoms with van der Waals surface area (Å²) >= 11 is 1.90. The summed E-state index contributed by atoms with van der Waals surface area (Å²) in [7, 11) is 0. The Hall–Kier alpha value is -1.97. The number of rotatable bonds is 6. The first-order chi connectivity index (χ1) is 13.2. The van der Waals surface area contributed by atoms with Crippen molar-refractivity contribution in [1.29, 1.82) is 0 Å². The molecule has 3 heteroatoms. The second-order valence-corrected chi connectivity index (χ2v) is 8.65. The summed E-state index contributed by atoms with van der Waals surface area (Å²) in [6, 6.07) is 25.2. The molecule has 27 heavy (non-hydrogen) atoms. The minimum Gasteiger partial charge on any atom is -0.370 e. The molecule has 2 atom stereocenters. The van der Waals surface area contributed by atoms with E-state index in [2.05, 4.69) is 90.8 Å². The topological polar surface area (TPSA) is 15.3 Å². The lowest BCUT2D eigenvalue weighted by Crippen LogP contribution is -2.34. The summed E-state index contributed by atoms with van der Waals surface area (Å²) in [4.78, 5) is 3.87. The van der Waals surface area contributed by atoms with Crippen LogP contribution in [0.2, 0.25) is 0 Å². The molecule has 3 aromatic rings. The van der Waals surface area contributed by atoms with Gasteiger partial charge in [0.2, 0.25) is 0 Å². The number of thioether (sulfide) groups is 1. The van der Waals surface area contributed by atoms with Crippen LogP contribution in [-0.2, 0) is 0 Å². The Morgan fingerprint density at radius 3 is 2.63 bits per heavy atom. The predicted octanol–water partition coefficient (Wildman–Crippen LogP) is 5.88. The minimum atomic E-state index is 0.351. The highest BCUT2D eigenvalue weighted by atomic mass is 32.2. The SMILES string of the molecule is CCSc1ccc(N2CC[C@H](N[C@H](C)c3cccc4ccccc34)C2)cc1. The second-order valence-electron chi connectivity index (χ2n) is 7.32. The molecule has 4 rings (SSSR count). The molecule has 140 valence electrons. The molecule has 0 unspecified atom stereocenters. The van der Waals surface area contributed by atoms with Gasteiger partial charge in [-0.3, -0.25) is 0 Å². The molecule has 3 aromatic carbocycles. The molecule has 0 saturated carbocycles. The Labute approximate surface area is 167 Å². The van der Waals surface area contributed by atoms with Crippen molar-refractivity contribution in [2.24, 2.45) is 0 Å². The molecule has 1 heterocycles. The molecule has 1 N–H and O–H groups in total. The summed E-state index contributed by atoms with van der Waals surface area (Å²) < 4.78 is 0. The molecule has 1 saturated heterocycles. The number of hydrogen-bond donors (Lipinski definition) is 1. The first-order valence-electron chi connectivity index (χ1n) is 9.96. The lowest BCUT2D eigenvalue weighted by Gasteiger charge is -2.23. The van der Waals surface area contributed by atoms with Gasteiger partial charge in [-0.25, -0.2) is 0 Å². The maximum atomic E-state index is 3.87. The maximum absolute atomic E-state index is 3.87. The van der Waals surface area contributed by atoms with Gasteiger partial charge >= 0.3 is 0 Å². The van der Waals surface area contributed by atoms with Gasteiger partial charge in [-0.05, 0) is 59.7 Å². The molecule has 0 radical (unpaired) electrons. The largest absolute Gasteiger partial charge is 0.370 e. The normalized spacial score (nSPS) is 18.1. The average molecular weight is 377 g/mol. The maximum Gasteiger partial charge on any atom is 0.0367 e. The van der Waals surface area contributed by atoms with E-state index in [0.29, 0.717) is 12.1 Å². The molecule has 0 aliphatic carbocycles. The number of benzene rings is 3. The van der Waals surface area contributed by atoms with Crippen LogP contribution < -0.4 is 10.2 Å². The molecule has 1 aliphatic heterocycles. The Kier molecular flexibility index (Phi) is 5.70. The van der Waals surface area contributed by atoms with Crippen molar-refractivity contribution in [1.82, 2.24) is 5.32 Å². The monoisotopic (exact) mass is 376 g/mol. The van der Waals surface area contributed by atoms with Crippen LogP contribution in [0.4, 0.5) is 5.69 Å². The highest BCUT2D eigenvalue weighted by Gasteiger charge is 2.24. The Bertz CT molecular complexity index is 885. The van der Waals surface area contributed by atoms with Crippen LogP contribution in [0.1, 0.15) is 31.9 Å². The fraction of sp³-hybridized carbons (Fsp3) is 0.333. The molecule has 0 amide bonds. The van der Waals surface area contributed by atoms with Crippen molar-refractivity contribution in [3.05, 3.63) is 72.3 Å². The number of nitrogens with one attached hydrogen (secondary N) is 1. The molecule has 0 spiro atoms. The fourth-order valence-corrected chi connectivity index (χ4v) is 4.78. The fourth-order valence-electron chi connectivity index (χ4n) is 4.12. The highest BCUT2D eigenvalue weighted by Crippen LogP contribution is 2.28. The smallest absolute Gasteiger partial charge is 0.0367 e. The molecular formula is C24H28N2S. The molecular weight excluding hydrogens is 348 g/mol. The van der Waals surface area contributed by atoms with E-state index < -0.39 is 0 Å². The Balaban J connectivity index is 1.42. The molecule has 1 aliphatic rings. The third-order valence-electron chi connectivity index (χ3n) is 5.48. The molecule has 2 nitrogen and oxygen atoms in total. The lowest BCUT2D eigenvalue weighted by molar-refractivity contribution is 0.483. The van der Waals surface area contributed by atoms with Crippen LogP contribution in [-0.4, -0.2) is 24.9 Å². The van der Waals surface area contributed by atoms with E-state index in [-0.39, 0.29) is 0 Å². The highest BCUT2D eigenvalue weighted by molar-refractivity contribution is 7.99. The Morgan fingerprint density at radius 1 is 1.04 bits per heavy atom. The van der Waals surface area contributed by atoms with Gasteiger partial charge in [0, 0.05) is 35.8 Å². The van der Waals surface area contributed by atoms with E-state index in [1.807, 2.05) is 11.8 Å². The zero-order valence-corrected chi connectivity index (χ0v) is 17.0. The quantitative estimate of drug-likeness (QED) is 0.541. The summed E-state index contributed by atoms with van der Waals surface area (Å²) in [5.74, 6) is 1.13. The van der Waals surface area contributed by atoms with E-state index in [9.17, 15) is 0 Å². The summed E-state index contributed by atoms with van der Waals surface area (Å²) in [6.07, 6.45) is 1.20. The summed E-state index contributed by atoms with van der Waals surface area (Å²) in [5, 5.41) is 6.55. The van der Waals surface area contributed by atoms with Gasteiger partial charge in [-0.2, -0.15) is 0 Å². The van der Waals surface area contributed by atoms with E-state index >= 15 is 0 Å². The predicted molar refractivity (Wildman–Crippen MR) is 119 cm³/mol. The van der Waals surface area contributed by atoms with Crippen molar-refractivity contribution in [2.75, 3.05) is 23.7 Å². The average Bonchev–Trinajstić information content (AvgIpc) is 3.17. The Morgan fingerprint density at radius 2 is 1.81 bits per heavy atom. The number of anilines is 1.